The highest BCUT2D eigenvalue weighted by atomic mass is 32.1. The Labute approximate surface area is 58.5 Å². The summed E-state index contributed by atoms with van der Waals surface area (Å²) >= 11 is 4.00. The molecule has 0 amide bonds. The van der Waals surface area contributed by atoms with Crippen molar-refractivity contribution in [2.45, 2.75) is 5.75 Å². The molecule has 0 aliphatic heterocycles. The lowest BCUT2D eigenvalue weighted by Gasteiger charge is -1.84. The summed E-state index contributed by atoms with van der Waals surface area (Å²) in [5.41, 5.74) is 0. The van der Waals surface area contributed by atoms with E-state index in [0.717, 1.165) is 5.82 Å². The Kier molecular flexibility index (Phi) is 1.94. The molecule has 0 saturated heterocycles. The maximum absolute atomic E-state index is 4.00. The van der Waals surface area contributed by atoms with E-state index in [9.17, 15) is 0 Å². The topological polar surface area (TPSA) is 53.6 Å². The minimum Gasteiger partial charge on any atom is -0.356 e. The van der Waals surface area contributed by atoms with Crippen molar-refractivity contribution in [2.24, 2.45) is 0 Å². The standard InChI is InChI=1S/C4H8N4S/c1-5-4-6-3(2-9)7-8-4/h9H,2H2,1H3,(H2,5,6,7,8). The Morgan fingerprint density at radius 2 is 2.56 bits per heavy atom. The minimum atomic E-state index is 0.592. The fourth-order valence-corrected chi connectivity index (χ4v) is 0.619. The Morgan fingerprint density at radius 3 is 2.89 bits per heavy atom. The first-order chi connectivity index (χ1) is 4.36. The first-order valence-electron chi connectivity index (χ1n) is 2.56. The van der Waals surface area contributed by atoms with Gasteiger partial charge in [0.25, 0.3) is 0 Å². The summed E-state index contributed by atoms with van der Waals surface area (Å²) in [6.45, 7) is 0. The molecule has 1 heterocycles. The lowest BCUT2D eigenvalue weighted by Crippen LogP contribution is -1.89. The molecule has 1 rings (SSSR count). The molecule has 0 aliphatic carbocycles. The van der Waals surface area contributed by atoms with E-state index in [-0.39, 0.29) is 0 Å². The van der Waals surface area contributed by atoms with E-state index in [0.29, 0.717) is 11.7 Å². The fraction of sp³-hybridized carbons (Fsp3) is 0.500. The zero-order valence-corrected chi connectivity index (χ0v) is 5.94. The molecule has 0 atom stereocenters. The van der Waals surface area contributed by atoms with Gasteiger partial charge in [-0.05, 0) is 0 Å². The van der Waals surface area contributed by atoms with Crippen molar-refractivity contribution in [1.29, 1.82) is 0 Å². The number of anilines is 1. The van der Waals surface area contributed by atoms with Crippen LogP contribution in [-0.2, 0) is 5.75 Å². The Bertz CT molecular complexity index is 166. The number of aromatic amines is 1. The van der Waals surface area contributed by atoms with E-state index in [1.165, 1.54) is 0 Å². The Morgan fingerprint density at radius 1 is 1.78 bits per heavy atom. The van der Waals surface area contributed by atoms with E-state index < -0.39 is 0 Å². The average Bonchev–Trinajstić information content (AvgIpc) is 2.34. The van der Waals surface area contributed by atoms with E-state index >= 15 is 0 Å². The predicted octanol–water partition coefficient (Wildman–Crippen LogP) is 0.276. The van der Waals surface area contributed by atoms with E-state index in [1.54, 1.807) is 7.05 Å². The van der Waals surface area contributed by atoms with Crippen LogP contribution < -0.4 is 5.32 Å². The maximum Gasteiger partial charge on any atom is 0.241 e. The highest BCUT2D eigenvalue weighted by molar-refractivity contribution is 7.79. The van der Waals surface area contributed by atoms with Crippen LogP contribution in [0.25, 0.3) is 0 Å². The van der Waals surface area contributed by atoms with Crippen LogP contribution in [0.1, 0.15) is 5.82 Å². The summed E-state index contributed by atoms with van der Waals surface area (Å²) in [4.78, 5) is 3.99. The van der Waals surface area contributed by atoms with Gasteiger partial charge in [0, 0.05) is 7.05 Å². The van der Waals surface area contributed by atoms with Crippen LogP contribution in [0.3, 0.4) is 0 Å². The first kappa shape index (κ1) is 6.41. The molecular weight excluding hydrogens is 136 g/mol. The predicted molar refractivity (Wildman–Crippen MR) is 38.6 cm³/mol. The van der Waals surface area contributed by atoms with Crippen LogP contribution in [0.15, 0.2) is 0 Å². The zero-order valence-electron chi connectivity index (χ0n) is 5.05. The number of nitrogens with one attached hydrogen (secondary N) is 2. The zero-order chi connectivity index (χ0) is 6.69. The molecule has 0 radical (unpaired) electrons. The van der Waals surface area contributed by atoms with Crippen LogP contribution >= 0.6 is 12.6 Å². The molecule has 0 unspecified atom stereocenters. The van der Waals surface area contributed by atoms with Crippen LogP contribution in [0.5, 0.6) is 0 Å². The lowest BCUT2D eigenvalue weighted by atomic mass is 10.7. The number of hydrogen-bond acceptors (Lipinski definition) is 4. The van der Waals surface area contributed by atoms with E-state index in [2.05, 4.69) is 33.1 Å². The van der Waals surface area contributed by atoms with Crippen molar-refractivity contribution in [1.82, 2.24) is 15.2 Å². The summed E-state index contributed by atoms with van der Waals surface area (Å²) in [6.07, 6.45) is 0. The molecule has 0 aromatic carbocycles. The van der Waals surface area contributed by atoms with Crippen molar-refractivity contribution in [2.75, 3.05) is 12.4 Å². The summed E-state index contributed by atoms with van der Waals surface area (Å²) in [6, 6.07) is 0. The SMILES string of the molecule is CNc1n[nH]c(CS)n1. The second-order valence-electron chi connectivity index (χ2n) is 1.51. The van der Waals surface area contributed by atoms with Gasteiger partial charge in [0.1, 0.15) is 5.82 Å². The molecule has 0 aliphatic rings. The highest BCUT2D eigenvalue weighted by Crippen LogP contribution is 1.98. The van der Waals surface area contributed by atoms with Gasteiger partial charge in [-0.2, -0.15) is 17.6 Å². The normalized spacial score (nSPS) is 9.56. The van der Waals surface area contributed by atoms with Crippen molar-refractivity contribution in [3.63, 3.8) is 0 Å². The summed E-state index contributed by atoms with van der Waals surface area (Å²) in [5, 5.41) is 9.31. The molecule has 2 N–H and O–H groups in total. The van der Waals surface area contributed by atoms with Crippen molar-refractivity contribution in [3.05, 3.63) is 5.82 Å². The van der Waals surface area contributed by atoms with Crippen LogP contribution in [0.2, 0.25) is 0 Å². The van der Waals surface area contributed by atoms with Crippen LogP contribution in [0.4, 0.5) is 5.95 Å². The van der Waals surface area contributed by atoms with Crippen LogP contribution in [0, 0.1) is 0 Å². The van der Waals surface area contributed by atoms with Crippen molar-refractivity contribution in [3.8, 4) is 0 Å². The first-order valence-corrected chi connectivity index (χ1v) is 3.20. The molecule has 9 heavy (non-hydrogen) atoms. The second kappa shape index (κ2) is 2.72. The number of hydrogen-bond donors (Lipinski definition) is 3. The number of H-pyrrole nitrogens is 1. The Hall–Kier alpha value is -0.710. The third kappa shape index (κ3) is 1.35. The number of thiol groups is 1. The average molecular weight is 144 g/mol. The van der Waals surface area contributed by atoms with Gasteiger partial charge in [-0.3, -0.25) is 5.10 Å². The van der Waals surface area contributed by atoms with E-state index in [4.69, 9.17) is 0 Å². The van der Waals surface area contributed by atoms with Crippen molar-refractivity contribution < 1.29 is 0 Å². The van der Waals surface area contributed by atoms with Gasteiger partial charge in [0.2, 0.25) is 5.95 Å². The quantitative estimate of drug-likeness (QED) is 0.522. The second-order valence-corrected chi connectivity index (χ2v) is 1.83. The third-order valence-corrected chi connectivity index (χ3v) is 1.20. The lowest BCUT2D eigenvalue weighted by molar-refractivity contribution is 1.03. The summed E-state index contributed by atoms with van der Waals surface area (Å²) in [7, 11) is 1.77. The van der Waals surface area contributed by atoms with Gasteiger partial charge in [0.15, 0.2) is 0 Å². The number of aromatic nitrogens is 3. The molecular formula is C4H8N4S. The number of nitrogens with zero attached hydrogens (tertiary/aromatic N) is 2. The fourth-order valence-electron chi connectivity index (χ4n) is 0.478. The van der Waals surface area contributed by atoms with Gasteiger partial charge in [-0.15, -0.1) is 5.10 Å². The van der Waals surface area contributed by atoms with Gasteiger partial charge in [0.05, 0.1) is 5.75 Å². The van der Waals surface area contributed by atoms with Gasteiger partial charge in [-0.1, -0.05) is 0 Å². The summed E-state index contributed by atoms with van der Waals surface area (Å²) < 4.78 is 0. The molecule has 1 aromatic heterocycles. The minimum absolute atomic E-state index is 0.592. The maximum atomic E-state index is 4.00. The van der Waals surface area contributed by atoms with Gasteiger partial charge in [-0.25, -0.2) is 0 Å². The van der Waals surface area contributed by atoms with Crippen LogP contribution in [-0.4, -0.2) is 22.2 Å². The molecule has 1 aromatic rings. The number of rotatable bonds is 2. The Balaban J connectivity index is 2.74. The molecule has 4 nitrogen and oxygen atoms in total. The smallest absolute Gasteiger partial charge is 0.241 e. The van der Waals surface area contributed by atoms with Gasteiger partial charge >= 0.3 is 0 Å². The third-order valence-electron chi connectivity index (χ3n) is 0.905. The van der Waals surface area contributed by atoms with Gasteiger partial charge < -0.3 is 5.32 Å². The molecule has 0 fully saturated rings. The molecule has 0 bridgehead atoms. The highest BCUT2D eigenvalue weighted by Gasteiger charge is 1.95. The monoisotopic (exact) mass is 144 g/mol. The summed E-state index contributed by atoms with van der Waals surface area (Å²) in [5.74, 6) is 1.98. The molecule has 5 heteroatoms. The largest absolute Gasteiger partial charge is 0.356 e. The van der Waals surface area contributed by atoms with Crippen molar-refractivity contribution >= 4 is 18.6 Å². The molecule has 50 valence electrons. The van der Waals surface area contributed by atoms with E-state index in [1.807, 2.05) is 0 Å². The molecule has 0 spiro atoms. The molecule has 0 saturated carbocycles.